The Kier molecular flexibility index (Phi) is 4.06. The third kappa shape index (κ3) is 3.05. The Morgan fingerprint density at radius 1 is 1.16 bits per heavy atom. The molecule has 2 heterocycles. The normalized spacial score (nSPS) is 22.4. The van der Waals surface area contributed by atoms with Crippen LogP contribution in [0.2, 0.25) is 0 Å². The summed E-state index contributed by atoms with van der Waals surface area (Å²) in [6.07, 6.45) is 0. The minimum absolute atomic E-state index is 0.0213. The smallest absolute Gasteiger partial charge is 0.217 e. The molecular formula is C19H22N2O3S. The van der Waals surface area contributed by atoms with Gasteiger partial charge in [-0.05, 0) is 35.7 Å². The van der Waals surface area contributed by atoms with Crippen molar-refractivity contribution in [3.63, 3.8) is 0 Å². The molecule has 25 heavy (non-hydrogen) atoms. The highest BCUT2D eigenvalue weighted by Gasteiger charge is 2.42. The van der Waals surface area contributed by atoms with Crippen LogP contribution in [0.5, 0.6) is 5.75 Å². The third-order valence-electron chi connectivity index (χ3n) is 5.09. The van der Waals surface area contributed by atoms with Crippen molar-refractivity contribution in [3.05, 3.63) is 64.7 Å². The fourth-order valence-electron chi connectivity index (χ4n) is 3.72. The van der Waals surface area contributed by atoms with Crippen LogP contribution < -0.4 is 4.74 Å². The zero-order valence-electron chi connectivity index (χ0n) is 14.5. The number of rotatable bonds is 3. The lowest BCUT2D eigenvalue weighted by molar-refractivity contribution is 0.137. The Balaban J connectivity index is 1.57. The van der Waals surface area contributed by atoms with Gasteiger partial charge in [-0.25, -0.2) is 8.42 Å². The van der Waals surface area contributed by atoms with Crippen LogP contribution in [-0.4, -0.2) is 37.2 Å². The number of aryl methyl sites for hydroxylation is 1. The molecule has 2 aromatic rings. The average molecular weight is 358 g/mol. The number of methoxy groups -OCH3 is 1. The molecule has 1 saturated heterocycles. The number of sulfonamides is 1. The number of ether oxygens (including phenoxy) is 1. The quantitative estimate of drug-likeness (QED) is 0.846. The van der Waals surface area contributed by atoms with E-state index in [4.69, 9.17) is 4.74 Å². The molecule has 2 aromatic carbocycles. The van der Waals surface area contributed by atoms with Crippen LogP contribution >= 0.6 is 0 Å². The summed E-state index contributed by atoms with van der Waals surface area (Å²) < 4.78 is 32.4. The van der Waals surface area contributed by atoms with Crippen molar-refractivity contribution in [1.29, 1.82) is 0 Å². The first kappa shape index (κ1) is 16.6. The summed E-state index contributed by atoms with van der Waals surface area (Å²) in [6.45, 7) is 3.70. The van der Waals surface area contributed by atoms with Crippen LogP contribution in [0.25, 0.3) is 0 Å². The van der Waals surface area contributed by atoms with Gasteiger partial charge < -0.3 is 4.74 Å². The SMILES string of the molecule is COc1ccc(CN2CN3Cc4ccc(C)cc4C3CS2(=O)=O)cc1. The monoisotopic (exact) mass is 358 g/mol. The van der Waals surface area contributed by atoms with Gasteiger partial charge in [-0.3, -0.25) is 4.90 Å². The summed E-state index contributed by atoms with van der Waals surface area (Å²) in [5.41, 5.74) is 4.57. The Bertz CT molecular complexity index is 893. The zero-order valence-corrected chi connectivity index (χ0v) is 15.3. The van der Waals surface area contributed by atoms with E-state index in [1.54, 1.807) is 11.4 Å². The van der Waals surface area contributed by atoms with Gasteiger partial charge in [-0.2, -0.15) is 4.31 Å². The highest BCUT2D eigenvalue weighted by Crippen LogP contribution is 2.39. The van der Waals surface area contributed by atoms with E-state index in [9.17, 15) is 8.42 Å². The van der Waals surface area contributed by atoms with Gasteiger partial charge in [0.15, 0.2) is 0 Å². The summed E-state index contributed by atoms with van der Waals surface area (Å²) in [4.78, 5) is 2.26. The fraction of sp³-hybridized carbons (Fsp3) is 0.368. The first-order valence-corrected chi connectivity index (χ1v) is 10.0. The summed E-state index contributed by atoms with van der Waals surface area (Å²) in [6, 6.07) is 13.9. The average Bonchev–Trinajstić information content (AvgIpc) is 2.92. The van der Waals surface area contributed by atoms with Crippen molar-refractivity contribution in [2.24, 2.45) is 0 Å². The predicted octanol–water partition coefficient (Wildman–Crippen LogP) is 2.66. The van der Waals surface area contributed by atoms with Gasteiger partial charge in [0.05, 0.1) is 25.6 Å². The molecule has 0 spiro atoms. The third-order valence-corrected chi connectivity index (χ3v) is 6.86. The van der Waals surface area contributed by atoms with Crippen molar-refractivity contribution in [1.82, 2.24) is 9.21 Å². The lowest BCUT2D eigenvalue weighted by Gasteiger charge is -2.37. The van der Waals surface area contributed by atoms with E-state index in [1.807, 2.05) is 24.3 Å². The Morgan fingerprint density at radius 2 is 1.92 bits per heavy atom. The summed E-state index contributed by atoms with van der Waals surface area (Å²) in [5, 5.41) is 0. The van der Waals surface area contributed by atoms with Crippen LogP contribution in [0.3, 0.4) is 0 Å². The first-order valence-electron chi connectivity index (χ1n) is 8.40. The maximum absolute atomic E-state index is 12.8. The maximum atomic E-state index is 12.8. The van der Waals surface area contributed by atoms with E-state index in [0.717, 1.165) is 17.9 Å². The molecular weight excluding hydrogens is 336 g/mol. The molecule has 5 nitrogen and oxygen atoms in total. The number of hydrogen-bond donors (Lipinski definition) is 0. The lowest BCUT2D eigenvalue weighted by Crippen LogP contribution is -2.49. The molecule has 0 aromatic heterocycles. The largest absolute Gasteiger partial charge is 0.497 e. The van der Waals surface area contributed by atoms with Crippen LogP contribution in [0.1, 0.15) is 28.3 Å². The molecule has 0 aliphatic carbocycles. The summed E-state index contributed by atoms with van der Waals surface area (Å²) in [5.74, 6) is 0.926. The van der Waals surface area contributed by atoms with Gasteiger partial charge in [0.25, 0.3) is 0 Å². The highest BCUT2D eigenvalue weighted by molar-refractivity contribution is 7.89. The molecule has 1 unspecified atom stereocenters. The minimum Gasteiger partial charge on any atom is -0.497 e. The van der Waals surface area contributed by atoms with Crippen molar-refractivity contribution in [2.75, 3.05) is 19.5 Å². The molecule has 0 bridgehead atoms. The molecule has 0 saturated carbocycles. The van der Waals surface area contributed by atoms with Crippen LogP contribution in [0.15, 0.2) is 42.5 Å². The van der Waals surface area contributed by atoms with Gasteiger partial charge in [-0.15, -0.1) is 0 Å². The van der Waals surface area contributed by atoms with Crippen molar-refractivity contribution >= 4 is 10.0 Å². The molecule has 0 N–H and O–H groups in total. The van der Waals surface area contributed by atoms with Crippen LogP contribution in [0, 0.1) is 6.92 Å². The van der Waals surface area contributed by atoms with Crippen molar-refractivity contribution in [2.45, 2.75) is 26.1 Å². The van der Waals surface area contributed by atoms with Crippen LogP contribution in [-0.2, 0) is 23.1 Å². The predicted molar refractivity (Wildman–Crippen MR) is 96.7 cm³/mol. The fourth-order valence-corrected chi connectivity index (χ4v) is 5.39. The molecule has 2 aliphatic heterocycles. The van der Waals surface area contributed by atoms with Gasteiger partial charge in [0, 0.05) is 13.1 Å². The van der Waals surface area contributed by atoms with E-state index < -0.39 is 10.0 Å². The Hall–Kier alpha value is -1.89. The van der Waals surface area contributed by atoms with E-state index in [-0.39, 0.29) is 11.8 Å². The van der Waals surface area contributed by atoms with Gasteiger partial charge >= 0.3 is 0 Å². The summed E-state index contributed by atoms with van der Waals surface area (Å²) in [7, 11) is -1.66. The van der Waals surface area contributed by atoms with Gasteiger partial charge in [-0.1, -0.05) is 35.9 Å². The van der Waals surface area contributed by atoms with E-state index in [1.165, 1.54) is 16.7 Å². The first-order chi connectivity index (χ1) is 12.0. The Morgan fingerprint density at radius 3 is 2.64 bits per heavy atom. The number of benzene rings is 2. The molecule has 0 radical (unpaired) electrons. The minimum atomic E-state index is -3.29. The van der Waals surface area contributed by atoms with E-state index >= 15 is 0 Å². The standard InChI is InChI=1S/C19H22N2O3S/c1-14-3-6-16-11-20-13-21(10-15-4-7-17(24-2)8-5-15)25(22,23)12-19(20)18(16)9-14/h3-9,19H,10-13H2,1-2H3. The van der Waals surface area contributed by atoms with Crippen LogP contribution in [0.4, 0.5) is 0 Å². The van der Waals surface area contributed by atoms with Crippen molar-refractivity contribution in [3.8, 4) is 5.75 Å². The molecule has 4 rings (SSSR count). The van der Waals surface area contributed by atoms with Crippen molar-refractivity contribution < 1.29 is 13.2 Å². The van der Waals surface area contributed by atoms with Gasteiger partial charge in [0.2, 0.25) is 10.0 Å². The second-order valence-corrected chi connectivity index (χ2v) is 8.86. The highest BCUT2D eigenvalue weighted by atomic mass is 32.2. The molecule has 2 aliphatic rings. The molecule has 1 fully saturated rings. The molecule has 6 heteroatoms. The second kappa shape index (κ2) is 6.12. The summed E-state index contributed by atoms with van der Waals surface area (Å²) >= 11 is 0. The van der Waals surface area contributed by atoms with Gasteiger partial charge in [0.1, 0.15) is 5.75 Å². The number of hydrogen-bond acceptors (Lipinski definition) is 4. The Labute approximate surface area is 148 Å². The second-order valence-electron chi connectivity index (χ2n) is 6.84. The van der Waals surface area contributed by atoms with E-state index in [2.05, 4.69) is 30.0 Å². The lowest BCUT2D eigenvalue weighted by atomic mass is 10.0. The molecule has 132 valence electrons. The zero-order chi connectivity index (χ0) is 17.6. The molecule has 0 amide bonds. The molecule has 1 atom stereocenters. The topological polar surface area (TPSA) is 49.9 Å². The number of nitrogens with zero attached hydrogens (tertiary/aromatic N) is 2. The van der Waals surface area contributed by atoms with E-state index in [0.29, 0.717) is 13.2 Å². The maximum Gasteiger partial charge on any atom is 0.217 e. The number of fused-ring (bicyclic) bond motifs is 3.